The van der Waals surface area contributed by atoms with E-state index >= 15 is 0 Å². The van der Waals surface area contributed by atoms with Crippen molar-refractivity contribution in [2.75, 3.05) is 6.54 Å². The largest absolute Gasteiger partial charge is 0.480 e. The van der Waals surface area contributed by atoms with E-state index in [-0.39, 0.29) is 0 Å². The SMILES string of the molecule is CC=CCCN=NC(C)C(=O)O. The first-order chi connectivity index (χ1) is 5.68. The van der Waals surface area contributed by atoms with Gasteiger partial charge in [0.05, 0.1) is 6.54 Å². The molecule has 68 valence electrons. The second kappa shape index (κ2) is 6.52. The number of hydrogen-bond donors (Lipinski definition) is 1. The lowest BCUT2D eigenvalue weighted by Gasteiger charge is -1.94. The first-order valence-corrected chi connectivity index (χ1v) is 3.89. The molecule has 1 N–H and O–H groups in total. The summed E-state index contributed by atoms with van der Waals surface area (Å²) >= 11 is 0. The molecule has 0 rings (SSSR count). The molecule has 0 aliphatic heterocycles. The van der Waals surface area contributed by atoms with E-state index in [2.05, 4.69) is 10.2 Å². The van der Waals surface area contributed by atoms with E-state index in [9.17, 15) is 4.79 Å². The number of rotatable bonds is 5. The molecule has 4 heteroatoms. The third-order valence-corrected chi connectivity index (χ3v) is 1.24. The Bertz CT molecular complexity index is 187. The first-order valence-electron chi connectivity index (χ1n) is 3.89. The maximum atomic E-state index is 10.3. The van der Waals surface area contributed by atoms with Crippen LogP contribution >= 0.6 is 0 Å². The maximum absolute atomic E-state index is 10.3. The molecule has 0 saturated heterocycles. The van der Waals surface area contributed by atoms with Crippen LogP contribution in [0, 0.1) is 0 Å². The molecule has 4 nitrogen and oxygen atoms in total. The second-order valence-corrected chi connectivity index (χ2v) is 2.35. The van der Waals surface area contributed by atoms with E-state index in [1.807, 2.05) is 19.1 Å². The van der Waals surface area contributed by atoms with Gasteiger partial charge in [-0.05, 0) is 20.3 Å². The predicted octanol–water partition coefficient (Wildman–Crippen LogP) is 1.88. The van der Waals surface area contributed by atoms with E-state index < -0.39 is 12.0 Å². The Balaban J connectivity index is 3.54. The lowest BCUT2D eigenvalue weighted by atomic mass is 10.4. The molecule has 0 heterocycles. The topological polar surface area (TPSA) is 62.0 Å². The molecule has 0 bridgehead atoms. The van der Waals surface area contributed by atoms with E-state index in [4.69, 9.17) is 5.11 Å². The summed E-state index contributed by atoms with van der Waals surface area (Å²) < 4.78 is 0. The fourth-order valence-electron chi connectivity index (χ4n) is 0.529. The third kappa shape index (κ3) is 5.58. The van der Waals surface area contributed by atoms with Gasteiger partial charge in [-0.15, -0.1) is 0 Å². The zero-order chi connectivity index (χ0) is 9.40. The van der Waals surface area contributed by atoms with Gasteiger partial charge >= 0.3 is 5.97 Å². The smallest absolute Gasteiger partial charge is 0.330 e. The molecule has 12 heavy (non-hydrogen) atoms. The van der Waals surface area contributed by atoms with Gasteiger partial charge in [0.25, 0.3) is 0 Å². The fraction of sp³-hybridized carbons (Fsp3) is 0.625. The Morgan fingerprint density at radius 2 is 2.33 bits per heavy atom. The molecule has 0 aliphatic carbocycles. The Hall–Kier alpha value is -1.19. The summed E-state index contributed by atoms with van der Waals surface area (Å²) in [5.41, 5.74) is 0. The van der Waals surface area contributed by atoms with Crippen LogP contribution in [0.3, 0.4) is 0 Å². The van der Waals surface area contributed by atoms with Crippen LogP contribution in [0.15, 0.2) is 22.4 Å². The van der Waals surface area contributed by atoms with Gasteiger partial charge in [-0.1, -0.05) is 12.2 Å². The van der Waals surface area contributed by atoms with Crippen LogP contribution in [0.25, 0.3) is 0 Å². The van der Waals surface area contributed by atoms with Gasteiger partial charge in [0, 0.05) is 0 Å². The van der Waals surface area contributed by atoms with Crippen LogP contribution in [0.5, 0.6) is 0 Å². The van der Waals surface area contributed by atoms with Gasteiger partial charge in [0.2, 0.25) is 0 Å². The summed E-state index contributed by atoms with van der Waals surface area (Å²) in [5, 5.41) is 15.7. The zero-order valence-corrected chi connectivity index (χ0v) is 7.40. The number of azo groups is 1. The highest BCUT2D eigenvalue weighted by Gasteiger charge is 2.06. The van der Waals surface area contributed by atoms with Gasteiger partial charge in [0.15, 0.2) is 6.04 Å². The molecule has 0 aliphatic rings. The predicted molar refractivity (Wildman–Crippen MR) is 46.3 cm³/mol. The minimum atomic E-state index is -0.940. The lowest BCUT2D eigenvalue weighted by molar-refractivity contribution is -0.138. The minimum Gasteiger partial charge on any atom is -0.480 e. The van der Waals surface area contributed by atoms with Crippen molar-refractivity contribution < 1.29 is 9.90 Å². The van der Waals surface area contributed by atoms with Crippen molar-refractivity contribution >= 4 is 5.97 Å². The van der Waals surface area contributed by atoms with Crippen LogP contribution in [-0.2, 0) is 4.79 Å². The standard InChI is InChI=1S/C8H14N2O2/c1-3-4-5-6-9-10-7(2)8(11)12/h3-4,7H,5-6H2,1-2H3,(H,11,12). The van der Waals surface area contributed by atoms with Crippen molar-refractivity contribution in [2.24, 2.45) is 10.2 Å². The average Bonchev–Trinajstić information content (AvgIpc) is 2.03. The maximum Gasteiger partial charge on any atom is 0.330 e. The molecular formula is C8H14N2O2. The highest BCUT2D eigenvalue weighted by molar-refractivity contribution is 5.72. The van der Waals surface area contributed by atoms with Crippen LogP contribution in [0.2, 0.25) is 0 Å². The Kier molecular flexibility index (Phi) is 5.87. The third-order valence-electron chi connectivity index (χ3n) is 1.24. The van der Waals surface area contributed by atoms with Gasteiger partial charge < -0.3 is 5.11 Å². The van der Waals surface area contributed by atoms with Crippen LogP contribution in [0.4, 0.5) is 0 Å². The van der Waals surface area contributed by atoms with E-state index in [1.165, 1.54) is 6.92 Å². The summed E-state index contributed by atoms with van der Waals surface area (Å²) in [4.78, 5) is 10.3. The van der Waals surface area contributed by atoms with Gasteiger partial charge in [-0.25, -0.2) is 4.79 Å². The average molecular weight is 170 g/mol. The van der Waals surface area contributed by atoms with Crippen molar-refractivity contribution in [2.45, 2.75) is 26.3 Å². The van der Waals surface area contributed by atoms with Crippen molar-refractivity contribution in [3.05, 3.63) is 12.2 Å². The Morgan fingerprint density at radius 3 is 2.83 bits per heavy atom. The number of carboxylic acids is 1. The molecule has 0 fully saturated rings. The van der Waals surface area contributed by atoms with Crippen molar-refractivity contribution in [1.82, 2.24) is 0 Å². The van der Waals surface area contributed by atoms with Gasteiger partial charge in [0.1, 0.15) is 0 Å². The molecular weight excluding hydrogens is 156 g/mol. The molecule has 0 saturated carbocycles. The highest BCUT2D eigenvalue weighted by Crippen LogP contribution is 1.92. The van der Waals surface area contributed by atoms with Crippen LogP contribution in [-0.4, -0.2) is 23.7 Å². The number of carboxylic acid groups (broad SMARTS) is 1. The summed E-state index contributed by atoms with van der Waals surface area (Å²) in [6.45, 7) is 3.99. The number of aliphatic carboxylic acids is 1. The van der Waals surface area contributed by atoms with Crippen molar-refractivity contribution in [3.63, 3.8) is 0 Å². The molecule has 0 aromatic carbocycles. The monoisotopic (exact) mass is 170 g/mol. The summed E-state index contributed by atoms with van der Waals surface area (Å²) in [5.74, 6) is -0.940. The molecule has 0 amide bonds. The fourth-order valence-corrected chi connectivity index (χ4v) is 0.529. The quantitative estimate of drug-likeness (QED) is 0.389. The number of carbonyl (C=O) groups is 1. The summed E-state index contributed by atoms with van der Waals surface area (Å²) in [6.07, 6.45) is 4.70. The number of hydrogen-bond acceptors (Lipinski definition) is 3. The molecule has 0 aromatic rings. The summed E-state index contributed by atoms with van der Waals surface area (Å²) in [6, 6.07) is -0.726. The molecule has 0 aromatic heterocycles. The van der Waals surface area contributed by atoms with E-state index in [0.717, 1.165) is 6.42 Å². The molecule has 0 radical (unpaired) electrons. The van der Waals surface area contributed by atoms with Gasteiger partial charge in [-0.2, -0.15) is 10.2 Å². The van der Waals surface area contributed by atoms with Crippen LogP contribution in [0.1, 0.15) is 20.3 Å². The van der Waals surface area contributed by atoms with E-state index in [0.29, 0.717) is 6.54 Å². The first kappa shape index (κ1) is 10.8. The lowest BCUT2D eigenvalue weighted by Crippen LogP contribution is -2.12. The second-order valence-electron chi connectivity index (χ2n) is 2.35. The van der Waals surface area contributed by atoms with Crippen molar-refractivity contribution in [3.8, 4) is 0 Å². The summed E-state index contributed by atoms with van der Waals surface area (Å²) in [7, 11) is 0. The molecule has 0 spiro atoms. The molecule has 1 unspecified atom stereocenters. The van der Waals surface area contributed by atoms with Gasteiger partial charge in [-0.3, -0.25) is 0 Å². The highest BCUT2D eigenvalue weighted by atomic mass is 16.4. The van der Waals surface area contributed by atoms with Crippen molar-refractivity contribution in [1.29, 1.82) is 0 Å². The minimum absolute atomic E-state index is 0.557. The number of nitrogens with zero attached hydrogens (tertiary/aromatic N) is 2. The van der Waals surface area contributed by atoms with Crippen LogP contribution < -0.4 is 0 Å². The normalized spacial score (nSPS) is 14.2. The Morgan fingerprint density at radius 1 is 1.67 bits per heavy atom. The zero-order valence-electron chi connectivity index (χ0n) is 7.40. The Labute approximate surface area is 72.0 Å². The molecule has 1 atom stereocenters. The number of allylic oxidation sites excluding steroid dienone is 1. The van der Waals surface area contributed by atoms with E-state index in [1.54, 1.807) is 0 Å².